The average molecular weight is 979 g/mol. The molecule has 0 spiro atoms. The van der Waals surface area contributed by atoms with Gasteiger partial charge in [0.05, 0.1) is 0 Å². The molecule has 6 saturated carbocycles. The average Bonchev–Trinajstić information content (AvgIpc) is 3.36. The number of carboxylic acids is 1. The van der Waals surface area contributed by atoms with Crippen LogP contribution >= 0.6 is 0 Å². The number of aliphatic carboxylic acids is 1. The van der Waals surface area contributed by atoms with Crippen LogP contribution in [0.15, 0.2) is 69.9 Å². The molecule has 6 fully saturated rings. The van der Waals surface area contributed by atoms with Crippen molar-refractivity contribution in [2.75, 3.05) is 6.54 Å². The molecule has 1 N–H and O–H groups in total. The maximum atomic E-state index is 15.7. The van der Waals surface area contributed by atoms with Crippen molar-refractivity contribution in [3.8, 4) is 0 Å². The summed E-state index contributed by atoms with van der Waals surface area (Å²) >= 11 is 0. The van der Waals surface area contributed by atoms with Gasteiger partial charge in [-0.1, -0.05) is 153 Å². The van der Waals surface area contributed by atoms with Crippen molar-refractivity contribution in [2.45, 2.75) is 242 Å². The molecule has 396 valence electrons. The Labute approximate surface area is 440 Å². The standard InChI is InChI=1S/C69H103NO2/c1-62(2)49-19-13-43(55(62)37-49)25-31-68(32-26-44-14-20-50-38-56(44)63(50,3)4,33-27-45-15-21-51-39-57(45)64(51,5)6)70(36-30-48-18-24-54-42-60(48)67(54,11)12)69(61(71)72,34-28-46-16-22-52-40-58(46)65(52,7)8)35-29-47-17-23-53-41-59(47)66(53,9)10/h13-18,49-60H,19-42H2,1-12H3,(H,71,72). The summed E-state index contributed by atoms with van der Waals surface area (Å²) in [6.45, 7) is 31.5. The molecule has 12 atom stereocenters. The molecule has 0 aromatic rings. The molecule has 0 aliphatic heterocycles. The molecule has 18 aliphatic rings. The summed E-state index contributed by atoms with van der Waals surface area (Å²) in [4.78, 5) is 18.7. The van der Waals surface area contributed by atoms with Crippen LogP contribution in [0, 0.1) is 104 Å². The van der Waals surface area contributed by atoms with Crippen LogP contribution in [-0.2, 0) is 4.79 Å². The second-order valence-corrected chi connectivity index (χ2v) is 31.9. The maximum Gasteiger partial charge on any atom is 0.324 e. The van der Waals surface area contributed by atoms with Crippen LogP contribution in [0.2, 0.25) is 0 Å². The van der Waals surface area contributed by atoms with E-state index < -0.39 is 11.5 Å². The van der Waals surface area contributed by atoms with Gasteiger partial charge in [0, 0.05) is 12.1 Å². The fourth-order valence-electron chi connectivity index (χ4n) is 21.0. The Kier molecular flexibility index (Phi) is 12.1. The van der Waals surface area contributed by atoms with E-state index in [9.17, 15) is 5.11 Å². The lowest BCUT2D eigenvalue weighted by Crippen LogP contribution is -2.65. The normalized spacial score (nSPS) is 40.2. The summed E-state index contributed by atoms with van der Waals surface area (Å²) in [6, 6.07) is 0. The topological polar surface area (TPSA) is 40.5 Å². The second kappa shape index (κ2) is 17.2. The smallest absolute Gasteiger partial charge is 0.324 e. The molecule has 3 nitrogen and oxygen atoms in total. The second-order valence-electron chi connectivity index (χ2n) is 31.9. The van der Waals surface area contributed by atoms with Gasteiger partial charge in [-0.25, -0.2) is 0 Å². The van der Waals surface area contributed by atoms with E-state index in [0.717, 1.165) is 113 Å². The van der Waals surface area contributed by atoms with Gasteiger partial charge < -0.3 is 5.11 Å². The first-order chi connectivity index (χ1) is 33.9. The highest BCUT2D eigenvalue weighted by Gasteiger charge is 2.60. The summed E-state index contributed by atoms with van der Waals surface area (Å²) in [5, 5.41) is 12.9. The summed E-state index contributed by atoms with van der Waals surface area (Å²) in [5.74, 6) is 8.20. The molecule has 3 heteroatoms. The number of hydrogen-bond donors (Lipinski definition) is 1. The minimum Gasteiger partial charge on any atom is -0.480 e. The lowest BCUT2D eigenvalue weighted by Gasteiger charge is -2.60. The molecule has 12 bridgehead atoms. The molecule has 0 heterocycles. The Hall–Kier alpha value is -2.13. The largest absolute Gasteiger partial charge is 0.480 e. The van der Waals surface area contributed by atoms with Crippen molar-refractivity contribution in [2.24, 2.45) is 104 Å². The van der Waals surface area contributed by atoms with E-state index in [1.165, 1.54) is 77.0 Å². The summed E-state index contributed by atoms with van der Waals surface area (Å²) < 4.78 is 0. The van der Waals surface area contributed by atoms with Crippen molar-refractivity contribution >= 4 is 5.97 Å². The zero-order valence-electron chi connectivity index (χ0n) is 48.2. The number of nitrogens with zero attached hydrogens (tertiary/aromatic N) is 1. The minimum atomic E-state index is -0.963. The molecule has 18 rings (SSSR count). The van der Waals surface area contributed by atoms with Crippen LogP contribution in [0.1, 0.15) is 231 Å². The Balaban J connectivity index is 0.997. The first-order valence-corrected chi connectivity index (χ1v) is 31.1. The van der Waals surface area contributed by atoms with Gasteiger partial charge in [-0.3, -0.25) is 9.69 Å². The van der Waals surface area contributed by atoms with Crippen LogP contribution in [-0.4, -0.2) is 33.6 Å². The number of hydrogen-bond acceptors (Lipinski definition) is 2. The van der Waals surface area contributed by atoms with Crippen molar-refractivity contribution in [1.82, 2.24) is 4.90 Å². The van der Waals surface area contributed by atoms with E-state index in [4.69, 9.17) is 0 Å². The van der Waals surface area contributed by atoms with E-state index >= 15 is 4.79 Å². The molecule has 0 aromatic carbocycles. The highest BCUT2D eigenvalue weighted by atomic mass is 16.4. The SMILES string of the molecule is CC1(C)C2CC=C(CCN(C(CCC3=CCC4CC3C4(C)C)(CCC3=CCC4CC3C4(C)C)CCC3=CCC4CC3C4(C)C)C(CCC3=CCC4CC3C4(C)C)(CCC3=CCC4CC3C4(C)C)C(=O)O)C1C2. The number of rotatable bonds is 21. The quantitative estimate of drug-likeness (QED) is 0.117. The summed E-state index contributed by atoms with van der Waals surface area (Å²) in [6.07, 6.45) is 42.4. The molecule has 0 radical (unpaired) electrons. The van der Waals surface area contributed by atoms with Crippen molar-refractivity contribution in [3.63, 3.8) is 0 Å². The lowest BCUT2D eigenvalue weighted by atomic mass is 9.47. The van der Waals surface area contributed by atoms with Crippen molar-refractivity contribution < 1.29 is 9.90 Å². The first kappa shape index (κ1) is 50.7. The van der Waals surface area contributed by atoms with Crippen molar-refractivity contribution in [1.29, 1.82) is 0 Å². The van der Waals surface area contributed by atoms with E-state index in [1.807, 2.05) is 0 Å². The summed E-state index contributed by atoms with van der Waals surface area (Å²) in [7, 11) is 0. The van der Waals surface area contributed by atoms with Gasteiger partial charge in [-0.05, 0) is 251 Å². The Morgan fingerprint density at radius 1 is 0.403 bits per heavy atom. The molecule has 72 heavy (non-hydrogen) atoms. The number of carbonyl (C=O) groups is 1. The Morgan fingerprint density at radius 2 is 0.625 bits per heavy atom. The molecule has 0 aromatic heterocycles. The van der Waals surface area contributed by atoms with Crippen LogP contribution in [0.4, 0.5) is 0 Å². The van der Waals surface area contributed by atoms with Crippen LogP contribution < -0.4 is 0 Å². The van der Waals surface area contributed by atoms with E-state index in [0.29, 0.717) is 68.0 Å². The fourth-order valence-corrected chi connectivity index (χ4v) is 21.0. The molecular formula is C69H103NO2. The molecule has 0 amide bonds. The van der Waals surface area contributed by atoms with Gasteiger partial charge in [0.25, 0.3) is 0 Å². The number of allylic oxidation sites excluding steroid dienone is 11. The Morgan fingerprint density at radius 3 is 0.833 bits per heavy atom. The fraction of sp³-hybridized carbons (Fsp3) is 0.812. The minimum absolute atomic E-state index is 0.252. The van der Waals surface area contributed by atoms with E-state index in [2.05, 4.69) is 124 Å². The predicted octanol–water partition coefficient (Wildman–Crippen LogP) is 18.1. The monoisotopic (exact) mass is 978 g/mol. The molecule has 18 aliphatic carbocycles. The van der Waals surface area contributed by atoms with Crippen molar-refractivity contribution in [3.05, 3.63) is 69.9 Å². The van der Waals surface area contributed by atoms with Gasteiger partial charge in [0.2, 0.25) is 0 Å². The summed E-state index contributed by atoms with van der Waals surface area (Å²) in [5.41, 5.74) is 11.0. The number of fused-ring (bicyclic) bond motifs is 6. The van der Waals surface area contributed by atoms with E-state index in [1.54, 1.807) is 33.4 Å². The zero-order valence-corrected chi connectivity index (χ0v) is 48.2. The third-order valence-corrected chi connectivity index (χ3v) is 27.9. The predicted molar refractivity (Wildman–Crippen MR) is 299 cm³/mol. The molecular weight excluding hydrogens is 875 g/mol. The highest BCUT2D eigenvalue weighted by molar-refractivity contribution is 5.79. The zero-order chi connectivity index (χ0) is 50.8. The van der Waals surface area contributed by atoms with Crippen LogP contribution in [0.5, 0.6) is 0 Å². The van der Waals surface area contributed by atoms with Gasteiger partial charge in [-0.2, -0.15) is 0 Å². The van der Waals surface area contributed by atoms with Gasteiger partial charge in [0.15, 0.2) is 0 Å². The lowest BCUT2D eigenvalue weighted by molar-refractivity contribution is -0.161. The number of carboxylic acid groups (broad SMARTS) is 1. The first-order valence-electron chi connectivity index (χ1n) is 31.1. The molecule has 0 saturated heterocycles. The van der Waals surface area contributed by atoms with Gasteiger partial charge in [0.1, 0.15) is 5.54 Å². The van der Waals surface area contributed by atoms with E-state index in [-0.39, 0.29) is 5.54 Å². The maximum absolute atomic E-state index is 15.7. The third-order valence-electron chi connectivity index (χ3n) is 27.9. The van der Waals surface area contributed by atoms with Crippen LogP contribution in [0.25, 0.3) is 0 Å². The van der Waals surface area contributed by atoms with Gasteiger partial charge in [-0.15, -0.1) is 0 Å². The van der Waals surface area contributed by atoms with Gasteiger partial charge >= 0.3 is 5.97 Å². The Bertz CT molecular complexity index is 2210. The highest BCUT2D eigenvalue weighted by Crippen LogP contribution is 2.66. The molecule has 12 unspecified atom stereocenters. The van der Waals surface area contributed by atoms with Crippen LogP contribution in [0.3, 0.4) is 0 Å². The third kappa shape index (κ3) is 7.52.